The van der Waals surface area contributed by atoms with Gasteiger partial charge in [0.25, 0.3) is 0 Å². The quantitative estimate of drug-likeness (QED) is 0.627. The van der Waals surface area contributed by atoms with Crippen LogP contribution in [0.1, 0.15) is 40.9 Å². The summed E-state index contributed by atoms with van der Waals surface area (Å²) in [6, 6.07) is 14.4. The van der Waals surface area contributed by atoms with Crippen LogP contribution in [0.15, 0.2) is 48.7 Å². The molecular weight excluding hydrogens is 360 g/mol. The highest BCUT2D eigenvalue weighted by atomic mass is 16.1. The number of rotatable bonds is 8. The van der Waals surface area contributed by atoms with Gasteiger partial charge in [0.15, 0.2) is 0 Å². The summed E-state index contributed by atoms with van der Waals surface area (Å²) < 4.78 is 2.07. The minimum Gasteiger partial charge on any atom is -0.310 e. The molecule has 150 valence electrons. The largest absolute Gasteiger partial charge is 0.310 e. The Morgan fingerprint density at radius 3 is 2.62 bits per heavy atom. The maximum atomic E-state index is 12.6. The fourth-order valence-corrected chi connectivity index (χ4v) is 3.69. The average molecular weight is 389 g/mol. The molecule has 2 heterocycles. The highest BCUT2D eigenvalue weighted by Gasteiger charge is 2.24. The number of aromatic nitrogens is 3. The van der Waals surface area contributed by atoms with Gasteiger partial charge in [0.1, 0.15) is 5.82 Å². The molecule has 1 aromatic carbocycles. The van der Waals surface area contributed by atoms with E-state index >= 15 is 0 Å². The predicted octanol–water partition coefficient (Wildman–Crippen LogP) is 4.27. The molecule has 1 N–H and O–H groups in total. The lowest BCUT2D eigenvalue weighted by atomic mass is 10.1. The Balaban J connectivity index is 1.36. The van der Waals surface area contributed by atoms with Crippen molar-refractivity contribution in [2.24, 2.45) is 5.92 Å². The van der Waals surface area contributed by atoms with Crippen molar-refractivity contribution in [1.29, 1.82) is 0 Å². The van der Waals surface area contributed by atoms with Crippen LogP contribution in [0.4, 0.5) is 5.82 Å². The second-order valence-electron chi connectivity index (χ2n) is 8.03. The van der Waals surface area contributed by atoms with Gasteiger partial charge in [-0.05, 0) is 68.7 Å². The van der Waals surface area contributed by atoms with Gasteiger partial charge in [0.2, 0.25) is 5.91 Å². The zero-order chi connectivity index (χ0) is 20.2. The van der Waals surface area contributed by atoms with E-state index in [-0.39, 0.29) is 5.91 Å². The fourth-order valence-electron chi connectivity index (χ4n) is 3.69. The molecule has 1 fully saturated rings. The molecule has 5 heteroatoms. The van der Waals surface area contributed by atoms with Crippen LogP contribution in [-0.2, 0) is 30.6 Å². The van der Waals surface area contributed by atoms with Crippen LogP contribution in [0.25, 0.3) is 0 Å². The molecular formula is C24H28N4O. The summed E-state index contributed by atoms with van der Waals surface area (Å²) in [5, 5.41) is 7.60. The van der Waals surface area contributed by atoms with Gasteiger partial charge in [-0.3, -0.25) is 9.48 Å². The molecule has 2 aromatic heterocycles. The number of anilines is 1. The third-order valence-electron chi connectivity index (χ3n) is 5.63. The molecule has 0 radical (unpaired) electrons. The predicted molar refractivity (Wildman–Crippen MR) is 115 cm³/mol. The molecule has 0 saturated heterocycles. The van der Waals surface area contributed by atoms with Crippen LogP contribution in [0.5, 0.6) is 0 Å². The maximum absolute atomic E-state index is 12.6. The van der Waals surface area contributed by atoms with Gasteiger partial charge < -0.3 is 5.32 Å². The van der Waals surface area contributed by atoms with E-state index in [2.05, 4.69) is 51.3 Å². The van der Waals surface area contributed by atoms with Crippen molar-refractivity contribution in [3.63, 3.8) is 0 Å². The van der Waals surface area contributed by atoms with E-state index in [1.165, 1.54) is 24.0 Å². The summed E-state index contributed by atoms with van der Waals surface area (Å²) in [5.74, 6) is 1.33. The van der Waals surface area contributed by atoms with Crippen LogP contribution in [0, 0.1) is 19.8 Å². The molecule has 1 amide bonds. The van der Waals surface area contributed by atoms with E-state index in [1.54, 1.807) is 6.20 Å². The summed E-state index contributed by atoms with van der Waals surface area (Å²) in [6.07, 6.45) is 6.57. The lowest BCUT2D eigenvalue weighted by Gasteiger charge is -2.08. The number of hydrogen-bond donors (Lipinski definition) is 1. The Kier molecular flexibility index (Phi) is 5.74. The summed E-state index contributed by atoms with van der Waals surface area (Å²) in [5.41, 5.74) is 5.56. The highest BCUT2D eigenvalue weighted by molar-refractivity contribution is 5.91. The topological polar surface area (TPSA) is 59.8 Å². The van der Waals surface area contributed by atoms with Gasteiger partial charge in [0, 0.05) is 24.0 Å². The van der Waals surface area contributed by atoms with Crippen molar-refractivity contribution < 1.29 is 4.79 Å². The standard InChI is InChI=1S/C24H28N4O/c1-17-22(18(2)28(27-17)16-21-10-11-21)15-24(29)26-23-14-20(12-13-25-23)9-8-19-6-4-3-5-7-19/h3-7,12-14,21H,8-11,15-16H2,1-2H3,(H,25,26,29). The molecule has 0 atom stereocenters. The van der Waals surface area contributed by atoms with Crippen LogP contribution in [0.3, 0.4) is 0 Å². The summed E-state index contributed by atoms with van der Waals surface area (Å²) in [4.78, 5) is 17.0. The summed E-state index contributed by atoms with van der Waals surface area (Å²) in [6.45, 7) is 5.02. The molecule has 0 unspecified atom stereocenters. The van der Waals surface area contributed by atoms with Crippen molar-refractivity contribution in [2.75, 3.05) is 5.32 Å². The van der Waals surface area contributed by atoms with Gasteiger partial charge in [-0.15, -0.1) is 0 Å². The summed E-state index contributed by atoms with van der Waals surface area (Å²) in [7, 11) is 0. The first-order valence-electron chi connectivity index (χ1n) is 10.4. The highest BCUT2D eigenvalue weighted by Crippen LogP contribution is 2.31. The number of pyridine rings is 1. The Morgan fingerprint density at radius 2 is 1.86 bits per heavy atom. The minimum atomic E-state index is -0.0464. The number of carbonyl (C=O) groups is 1. The smallest absolute Gasteiger partial charge is 0.230 e. The van der Waals surface area contributed by atoms with Gasteiger partial charge in [0.05, 0.1) is 12.1 Å². The minimum absolute atomic E-state index is 0.0464. The number of carbonyl (C=O) groups excluding carboxylic acids is 1. The molecule has 1 aliphatic rings. The first-order valence-corrected chi connectivity index (χ1v) is 10.4. The van der Waals surface area contributed by atoms with Crippen molar-refractivity contribution in [3.05, 3.63) is 76.7 Å². The Morgan fingerprint density at radius 1 is 1.10 bits per heavy atom. The molecule has 0 spiro atoms. The molecule has 0 bridgehead atoms. The van der Waals surface area contributed by atoms with E-state index in [4.69, 9.17) is 0 Å². The monoisotopic (exact) mass is 388 g/mol. The van der Waals surface area contributed by atoms with Crippen LogP contribution in [0.2, 0.25) is 0 Å². The van der Waals surface area contributed by atoms with Gasteiger partial charge in [-0.1, -0.05) is 30.3 Å². The SMILES string of the molecule is Cc1nn(CC2CC2)c(C)c1CC(=O)Nc1cc(CCc2ccccc2)ccn1. The second-order valence-corrected chi connectivity index (χ2v) is 8.03. The Labute approximate surface area is 172 Å². The zero-order valence-electron chi connectivity index (χ0n) is 17.2. The molecule has 1 saturated carbocycles. The molecule has 3 aromatic rings. The zero-order valence-corrected chi connectivity index (χ0v) is 17.2. The first kappa shape index (κ1) is 19.4. The normalized spacial score (nSPS) is 13.4. The Hall–Kier alpha value is -2.95. The maximum Gasteiger partial charge on any atom is 0.230 e. The van der Waals surface area contributed by atoms with Crippen molar-refractivity contribution in [1.82, 2.24) is 14.8 Å². The number of nitrogens with one attached hydrogen (secondary N) is 1. The lowest BCUT2D eigenvalue weighted by molar-refractivity contribution is -0.115. The van der Waals surface area contributed by atoms with E-state index in [0.717, 1.165) is 42.3 Å². The number of benzene rings is 1. The molecule has 1 aliphatic carbocycles. The van der Waals surface area contributed by atoms with E-state index in [1.807, 2.05) is 25.1 Å². The summed E-state index contributed by atoms with van der Waals surface area (Å²) >= 11 is 0. The van der Waals surface area contributed by atoms with Crippen molar-refractivity contribution in [2.45, 2.75) is 52.5 Å². The van der Waals surface area contributed by atoms with Crippen LogP contribution >= 0.6 is 0 Å². The van der Waals surface area contributed by atoms with E-state index < -0.39 is 0 Å². The van der Waals surface area contributed by atoms with Crippen LogP contribution < -0.4 is 5.32 Å². The average Bonchev–Trinajstić information content (AvgIpc) is 3.50. The fraction of sp³-hybridized carbons (Fsp3) is 0.375. The number of amides is 1. The van der Waals surface area contributed by atoms with Crippen molar-refractivity contribution in [3.8, 4) is 0 Å². The lowest BCUT2D eigenvalue weighted by Crippen LogP contribution is -2.16. The first-order chi connectivity index (χ1) is 14.1. The molecule has 4 rings (SSSR count). The molecule has 29 heavy (non-hydrogen) atoms. The van der Waals surface area contributed by atoms with Gasteiger partial charge >= 0.3 is 0 Å². The molecule has 5 nitrogen and oxygen atoms in total. The van der Waals surface area contributed by atoms with E-state index in [0.29, 0.717) is 12.2 Å². The number of aryl methyl sites for hydroxylation is 3. The van der Waals surface area contributed by atoms with E-state index in [9.17, 15) is 4.79 Å². The van der Waals surface area contributed by atoms with Crippen molar-refractivity contribution >= 4 is 11.7 Å². The third-order valence-corrected chi connectivity index (χ3v) is 5.63. The number of nitrogens with zero attached hydrogens (tertiary/aromatic N) is 3. The molecule has 0 aliphatic heterocycles. The van der Waals surface area contributed by atoms with Gasteiger partial charge in [-0.25, -0.2) is 4.98 Å². The third kappa shape index (κ3) is 5.11. The van der Waals surface area contributed by atoms with Crippen LogP contribution in [-0.4, -0.2) is 20.7 Å². The number of hydrogen-bond acceptors (Lipinski definition) is 3. The second kappa shape index (κ2) is 8.60. The van der Waals surface area contributed by atoms with Gasteiger partial charge in [-0.2, -0.15) is 5.10 Å². The Bertz CT molecular complexity index is 989.